The van der Waals surface area contributed by atoms with Crippen LogP contribution in [0.5, 0.6) is 0 Å². The third-order valence-electron chi connectivity index (χ3n) is 4.39. The number of amides is 1. The zero-order valence-corrected chi connectivity index (χ0v) is 10.3. The minimum atomic E-state index is -0.429. The van der Waals surface area contributed by atoms with E-state index in [1.807, 2.05) is 12.1 Å². The van der Waals surface area contributed by atoms with Gasteiger partial charge in [-0.25, -0.2) is 5.48 Å². The van der Waals surface area contributed by atoms with Crippen LogP contribution in [0.1, 0.15) is 34.3 Å². The topological polar surface area (TPSA) is 61.4 Å². The van der Waals surface area contributed by atoms with Crippen LogP contribution in [0.4, 0.5) is 0 Å². The monoisotopic (exact) mass is 246 g/mol. The Morgan fingerprint density at radius 1 is 1.33 bits per heavy atom. The molecule has 1 spiro atoms. The molecule has 1 unspecified atom stereocenters. The van der Waals surface area contributed by atoms with Crippen LogP contribution in [-0.2, 0) is 12.8 Å². The van der Waals surface area contributed by atoms with E-state index >= 15 is 0 Å². The second-order valence-electron chi connectivity index (χ2n) is 5.53. The summed E-state index contributed by atoms with van der Waals surface area (Å²) >= 11 is 0. The molecule has 1 fully saturated rings. The SMILES string of the molecule is O=C(NO)c1ccc2c(c1)CC1(CCNC1)CC2. The van der Waals surface area contributed by atoms with Crippen LogP contribution in [0.2, 0.25) is 0 Å². The molecule has 18 heavy (non-hydrogen) atoms. The van der Waals surface area contributed by atoms with E-state index in [1.165, 1.54) is 24.0 Å². The van der Waals surface area contributed by atoms with Crippen molar-refractivity contribution >= 4 is 5.91 Å². The molecule has 1 aromatic rings. The number of hydrogen-bond donors (Lipinski definition) is 3. The first-order chi connectivity index (χ1) is 8.72. The molecular formula is C14H18N2O2. The van der Waals surface area contributed by atoms with E-state index in [2.05, 4.69) is 5.32 Å². The van der Waals surface area contributed by atoms with Gasteiger partial charge in [0.15, 0.2) is 0 Å². The van der Waals surface area contributed by atoms with Crippen LogP contribution in [0.25, 0.3) is 0 Å². The number of hydroxylamine groups is 1. The minimum Gasteiger partial charge on any atom is -0.316 e. The molecule has 0 aromatic heterocycles. The van der Waals surface area contributed by atoms with Crippen LogP contribution in [0.3, 0.4) is 0 Å². The quantitative estimate of drug-likeness (QED) is 0.516. The van der Waals surface area contributed by atoms with E-state index in [1.54, 1.807) is 11.5 Å². The van der Waals surface area contributed by atoms with Crippen LogP contribution in [0, 0.1) is 5.41 Å². The average molecular weight is 246 g/mol. The van der Waals surface area contributed by atoms with Gasteiger partial charge in [0.1, 0.15) is 0 Å². The Labute approximate surface area is 106 Å². The van der Waals surface area contributed by atoms with Gasteiger partial charge >= 0.3 is 0 Å². The van der Waals surface area contributed by atoms with E-state index in [9.17, 15) is 4.79 Å². The van der Waals surface area contributed by atoms with Crippen LogP contribution >= 0.6 is 0 Å². The van der Waals surface area contributed by atoms with Crippen LogP contribution < -0.4 is 10.8 Å². The molecule has 1 saturated heterocycles. The minimum absolute atomic E-state index is 0.390. The van der Waals surface area contributed by atoms with Crippen molar-refractivity contribution in [2.24, 2.45) is 5.41 Å². The second kappa shape index (κ2) is 4.37. The Morgan fingerprint density at radius 3 is 2.94 bits per heavy atom. The fourth-order valence-corrected chi connectivity index (χ4v) is 3.29. The van der Waals surface area contributed by atoms with Crippen molar-refractivity contribution in [3.8, 4) is 0 Å². The Kier molecular flexibility index (Phi) is 2.84. The zero-order valence-electron chi connectivity index (χ0n) is 10.3. The maximum atomic E-state index is 11.4. The molecule has 1 aliphatic heterocycles. The Morgan fingerprint density at radius 2 is 2.22 bits per heavy atom. The van der Waals surface area contributed by atoms with E-state index < -0.39 is 5.91 Å². The lowest BCUT2D eigenvalue weighted by Gasteiger charge is -2.34. The van der Waals surface area contributed by atoms with Crippen molar-refractivity contribution in [1.82, 2.24) is 10.8 Å². The van der Waals surface area contributed by atoms with Crippen molar-refractivity contribution in [3.63, 3.8) is 0 Å². The van der Waals surface area contributed by atoms with Gasteiger partial charge in [-0.05, 0) is 60.9 Å². The van der Waals surface area contributed by atoms with Gasteiger partial charge in [0.25, 0.3) is 5.91 Å². The smallest absolute Gasteiger partial charge is 0.274 e. The normalized spacial score (nSPS) is 26.1. The summed E-state index contributed by atoms with van der Waals surface area (Å²) < 4.78 is 0. The van der Waals surface area contributed by atoms with Gasteiger partial charge in [-0.1, -0.05) is 6.07 Å². The van der Waals surface area contributed by atoms with E-state index in [0.717, 1.165) is 25.9 Å². The van der Waals surface area contributed by atoms with Crippen molar-refractivity contribution in [2.75, 3.05) is 13.1 Å². The third kappa shape index (κ3) is 1.91. The summed E-state index contributed by atoms with van der Waals surface area (Å²) in [6, 6.07) is 5.74. The molecule has 1 heterocycles. The molecule has 1 aromatic carbocycles. The zero-order chi connectivity index (χ0) is 12.6. The molecule has 2 aliphatic rings. The molecule has 96 valence electrons. The number of rotatable bonds is 1. The summed E-state index contributed by atoms with van der Waals surface area (Å²) in [6.45, 7) is 2.19. The van der Waals surface area contributed by atoms with E-state index in [-0.39, 0.29) is 0 Å². The summed E-state index contributed by atoms with van der Waals surface area (Å²) in [5.74, 6) is -0.429. The lowest BCUT2D eigenvalue weighted by molar-refractivity contribution is 0.0706. The molecule has 1 atom stereocenters. The fraction of sp³-hybridized carbons (Fsp3) is 0.500. The molecule has 1 aliphatic carbocycles. The summed E-state index contributed by atoms with van der Waals surface area (Å²) in [6.07, 6.45) is 4.60. The Hall–Kier alpha value is -1.39. The van der Waals surface area contributed by atoms with E-state index in [0.29, 0.717) is 11.0 Å². The molecule has 4 nitrogen and oxygen atoms in total. The molecule has 3 N–H and O–H groups in total. The van der Waals surface area contributed by atoms with Gasteiger partial charge in [0, 0.05) is 12.1 Å². The second-order valence-corrected chi connectivity index (χ2v) is 5.53. The predicted molar refractivity (Wildman–Crippen MR) is 67.6 cm³/mol. The molecule has 0 radical (unpaired) electrons. The maximum absolute atomic E-state index is 11.4. The largest absolute Gasteiger partial charge is 0.316 e. The highest BCUT2D eigenvalue weighted by atomic mass is 16.5. The number of hydrogen-bond acceptors (Lipinski definition) is 3. The number of benzene rings is 1. The molecule has 4 heteroatoms. The summed E-state index contributed by atoms with van der Waals surface area (Å²) in [5, 5.41) is 12.1. The van der Waals surface area contributed by atoms with Crippen molar-refractivity contribution in [2.45, 2.75) is 25.7 Å². The first kappa shape index (κ1) is 11.7. The fourth-order valence-electron chi connectivity index (χ4n) is 3.29. The Balaban J connectivity index is 1.91. The highest BCUT2D eigenvalue weighted by Gasteiger charge is 2.36. The lowest BCUT2D eigenvalue weighted by Crippen LogP contribution is -2.31. The number of fused-ring (bicyclic) bond motifs is 1. The van der Waals surface area contributed by atoms with Gasteiger partial charge < -0.3 is 5.32 Å². The van der Waals surface area contributed by atoms with Gasteiger partial charge in [-0.3, -0.25) is 10.0 Å². The molecule has 0 saturated carbocycles. The number of aryl methyl sites for hydroxylation is 1. The Bertz CT molecular complexity index is 479. The van der Waals surface area contributed by atoms with Crippen molar-refractivity contribution in [3.05, 3.63) is 34.9 Å². The number of nitrogens with one attached hydrogen (secondary N) is 2. The maximum Gasteiger partial charge on any atom is 0.274 e. The van der Waals surface area contributed by atoms with Crippen molar-refractivity contribution in [1.29, 1.82) is 0 Å². The highest BCUT2D eigenvalue weighted by Crippen LogP contribution is 2.40. The number of carbonyl (C=O) groups excluding carboxylic acids is 1. The van der Waals surface area contributed by atoms with Gasteiger partial charge in [0.05, 0.1) is 0 Å². The molecule has 1 amide bonds. The van der Waals surface area contributed by atoms with E-state index in [4.69, 9.17) is 5.21 Å². The first-order valence-electron chi connectivity index (χ1n) is 6.49. The first-order valence-corrected chi connectivity index (χ1v) is 6.49. The number of carbonyl (C=O) groups is 1. The van der Waals surface area contributed by atoms with Crippen LogP contribution in [0.15, 0.2) is 18.2 Å². The standard InChI is InChI=1S/C14H18N2O2/c17-13(16-18)11-2-1-10-3-4-14(5-6-15-9-14)8-12(10)7-11/h1-2,7,15,18H,3-6,8-9H2,(H,16,17). The van der Waals surface area contributed by atoms with Gasteiger partial charge in [-0.15, -0.1) is 0 Å². The van der Waals surface area contributed by atoms with Crippen LogP contribution in [-0.4, -0.2) is 24.2 Å². The molecule has 3 rings (SSSR count). The summed E-state index contributed by atoms with van der Waals surface area (Å²) in [4.78, 5) is 11.4. The summed E-state index contributed by atoms with van der Waals surface area (Å²) in [7, 11) is 0. The third-order valence-corrected chi connectivity index (χ3v) is 4.39. The predicted octanol–water partition coefficient (Wildman–Crippen LogP) is 1.27. The lowest BCUT2D eigenvalue weighted by atomic mass is 9.71. The van der Waals surface area contributed by atoms with Gasteiger partial charge in [-0.2, -0.15) is 0 Å². The summed E-state index contributed by atoms with van der Waals surface area (Å²) in [5.41, 5.74) is 5.25. The van der Waals surface area contributed by atoms with Gasteiger partial charge in [0.2, 0.25) is 0 Å². The van der Waals surface area contributed by atoms with Crippen molar-refractivity contribution < 1.29 is 10.0 Å². The molecular weight excluding hydrogens is 228 g/mol. The average Bonchev–Trinajstić information content (AvgIpc) is 2.85. The molecule has 0 bridgehead atoms. The highest BCUT2D eigenvalue weighted by molar-refractivity contribution is 5.93.